The van der Waals surface area contributed by atoms with Crippen LogP contribution in [0.3, 0.4) is 0 Å². The topological polar surface area (TPSA) is 87.2 Å². The molecule has 1 saturated heterocycles. The third kappa shape index (κ3) is 4.63. The van der Waals surface area contributed by atoms with Crippen molar-refractivity contribution in [2.45, 2.75) is 32.5 Å². The van der Waals surface area contributed by atoms with Crippen molar-refractivity contribution < 1.29 is 9.59 Å². The smallest absolute Gasteiger partial charge is 0.237 e. The van der Waals surface area contributed by atoms with Crippen molar-refractivity contribution in [1.82, 2.24) is 25.5 Å². The van der Waals surface area contributed by atoms with Crippen LogP contribution in [0.4, 0.5) is 0 Å². The molecule has 0 radical (unpaired) electrons. The minimum absolute atomic E-state index is 0.105. The number of hydrogen-bond acceptors (Lipinski definition) is 5. The number of rotatable bonds is 6. The Balaban J connectivity index is 1.44. The lowest BCUT2D eigenvalue weighted by molar-refractivity contribution is -0.134. The summed E-state index contributed by atoms with van der Waals surface area (Å²) in [4.78, 5) is 35.6. The van der Waals surface area contributed by atoms with E-state index < -0.39 is 6.04 Å². The fourth-order valence-electron chi connectivity index (χ4n) is 3.77. The predicted molar refractivity (Wildman–Crippen MR) is 114 cm³/mol. The summed E-state index contributed by atoms with van der Waals surface area (Å²) in [5.41, 5.74) is 2.67. The molecule has 2 N–H and O–H groups in total. The number of nitrogens with zero attached hydrogens (tertiary/aromatic N) is 3. The molecular formula is C23H25N5O2. The third-order valence-corrected chi connectivity index (χ3v) is 5.37. The molecule has 1 aliphatic rings. The number of nitrogens with one attached hydrogen (secondary N) is 2. The van der Waals surface area contributed by atoms with Crippen molar-refractivity contribution in [3.05, 3.63) is 71.8 Å². The van der Waals surface area contributed by atoms with Gasteiger partial charge in [0.15, 0.2) is 0 Å². The Morgan fingerprint density at radius 2 is 2.00 bits per heavy atom. The Morgan fingerprint density at radius 3 is 2.83 bits per heavy atom. The summed E-state index contributed by atoms with van der Waals surface area (Å²) in [5.74, 6) is -0.283. The minimum Gasteiger partial charge on any atom is -0.353 e. The number of piperazine rings is 1. The molecule has 2 amide bonds. The fraction of sp³-hybridized carbons (Fsp3) is 0.304. The first-order chi connectivity index (χ1) is 14.6. The summed E-state index contributed by atoms with van der Waals surface area (Å²) < 4.78 is 0. The molecule has 30 heavy (non-hydrogen) atoms. The molecular weight excluding hydrogens is 378 g/mol. The van der Waals surface area contributed by atoms with Crippen LogP contribution in [0.15, 0.2) is 54.9 Å². The molecule has 1 fully saturated rings. The molecule has 4 rings (SSSR count). The van der Waals surface area contributed by atoms with Gasteiger partial charge in [-0.15, -0.1) is 0 Å². The van der Waals surface area contributed by atoms with Crippen LogP contribution in [0.2, 0.25) is 0 Å². The maximum absolute atomic E-state index is 12.6. The number of aromatic nitrogens is 2. The summed E-state index contributed by atoms with van der Waals surface area (Å²) in [6.45, 7) is 4.07. The van der Waals surface area contributed by atoms with Crippen molar-refractivity contribution in [2.24, 2.45) is 0 Å². The van der Waals surface area contributed by atoms with Gasteiger partial charge in [-0.2, -0.15) is 0 Å². The van der Waals surface area contributed by atoms with E-state index in [1.807, 2.05) is 25.1 Å². The van der Waals surface area contributed by atoms with E-state index in [9.17, 15) is 9.59 Å². The highest BCUT2D eigenvalue weighted by Crippen LogP contribution is 2.22. The van der Waals surface area contributed by atoms with Gasteiger partial charge < -0.3 is 10.6 Å². The largest absolute Gasteiger partial charge is 0.353 e. The van der Waals surface area contributed by atoms with Crippen LogP contribution in [0.25, 0.3) is 10.8 Å². The van der Waals surface area contributed by atoms with Gasteiger partial charge in [-0.25, -0.2) is 0 Å². The normalized spacial score (nSPS) is 17.0. The average Bonchev–Trinajstić information content (AvgIpc) is 2.76. The van der Waals surface area contributed by atoms with Gasteiger partial charge in [0.25, 0.3) is 0 Å². The van der Waals surface area contributed by atoms with Crippen LogP contribution < -0.4 is 10.6 Å². The maximum atomic E-state index is 12.6. The molecule has 0 aliphatic carbocycles. The number of fused-ring (bicyclic) bond motifs is 1. The molecule has 154 valence electrons. The van der Waals surface area contributed by atoms with E-state index in [-0.39, 0.29) is 18.2 Å². The number of carbonyl (C=O) groups excluding carboxylic acids is 2. The SMILES string of the molecule is Cc1cnc(CNC(=O)CC2C(=O)NCCN2Cc2cccc3ccccc23)cn1. The molecule has 7 nitrogen and oxygen atoms in total. The molecule has 1 atom stereocenters. The van der Waals surface area contributed by atoms with Gasteiger partial charge in [0.05, 0.1) is 36.6 Å². The van der Waals surface area contributed by atoms with Crippen molar-refractivity contribution in [3.8, 4) is 0 Å². The molecule has 2 heterocycles. The number of carbonyl (C=O) groups is 2. The molecule has 3 aromatic rings. The lowest BCUT2D eigenvalue weighted by Crippen LogP contribution is -2.56. The lowest BCUT2D eigenvalue weighted by atomic mass is 10.0. The summed E-state index contributed by atoms with van der Waals surface area (Å²) >= 11 is 0. The highest BCUT2D eigenvalue weighted by Gasteiger charge is 2.31. The second kappa shape index (κ2) is 9.00. The summed E-state index contributed by atoms with van der Waals surface area (Å²) in [5, 5.41) is 8.08. The molecule has 1 unspecified atom stereocenters. The van der Waals surface area contributed by atoms with Gasteiger partial charge in [0.2, 0.25) is 11.8 Å². The van der Waals surface area contributed by atoms with E-state index in [0.29, 0.717) is 31.9 Å². The average molecular weight is 403 g/mol. The van der Waals surface area contributed by atoms with Crippen LogP contribution in [0.5, 0.6) is 0 Å². The number of hydrogen-bond donors (Lipinski definition) is 2. The quantitative estimate of drug-likeness (QED) is 0.657. The van der Waals surface area contributed by atoms with Crippen molar-refractivity contribution >= 4 is 22.6 Å². The van der Waals surface area contributed by atoms with Crippen molar-refractivity contribution in [2.75, 3.05) is 13.1 Å². The van der Waals surface area contributed by atoms with Crippen molar-refractivity contribution in [3.63, 3.8) is 0 Å². The second-order valence-corrected chi connectivity index (χ2v) is 7.55. The molecule has 1 aliphatic heterocycles. The number of benzene rings is 2. The first-order valence-electron chi connectivity index (χ1n) is 10.1. The summed E-state index contributed by atoms with van der Waals surface area (Å²) in [7, 11) is 0. The van der Waals surface area contributed by atoms with Gasteiger partial charge in [-0.05, 0) is 23.3 Å². The molecule has 0 spiro atoms. The highest BCUT2D eigenvalue weighted by molar-refractivity contribution is 5.89. The van der Waals surface area contributed by atoms with Crippen LogP contribution >= 0.6 is 0 Å². The minimum atomic E-state index is -0.498. The van der Waals surface area contributed by atoms with Gasteiger partial charge in [-0.3, -0.25) is 24.5 Å². The second-order valence-electron chi connectivity index (χ2n) is 7.55. The monoisotopic (exact) mass is 403 g/mol. The Labute approximate surface area is 175 Å². The Hall–Kier alpha value is -3.32. The Kier molecular flexibility index (Phi) is 5.99. The van der Waals surface area contributed by atoms with E-state index in [0.717, 1.165) is 11.3 Å². The van der Waals surface area contributed by atoms with Gasteiger partial charge in [0, 0.05) is 25.8 Å². The molecule has 7 heteroatoms. The van der Waals surface area contributed by atoms with Crippen LogP contribution in [-0.4, -0.2) is 45.8 Å². The fourth-order valence-corrected chi connectivity index (χ4v) is 3.77. The summed E-state index contributed by atoms with van der Waals surface area (Å²) in [6.07, 6.45) is 3.42. The first kappa shape index (κ1) is 20.0. The zero-order chi connectivity index (χ0) is 20.9. The highest BCUT2D eigenvalue weighted by atomic mass is 16.2. The number of aryl methyl sites for hydroxylation is 1. The zero-order valence-corrected chi connectivity index (χ0v) is 17.0. The van der Waals surface area contributed by atoms with E-state index in [4.69, 9.17) is 0 Å². The Morgan fingerprint density at radius 1 is 1.17 bits per heavy atom. The third-order valence-electron chi connectivity index (χ3n) is 5.37. The van der Waals surface area contributed by atoms with Crippen LogP contribution in [0.1, 0.15) is 23.4 Å². The van der Waals surface area contributed by atoms with Crippen molar-refractivity contribution in [1.29, 1.82) is 0 Å². The summed E-state index contributed by atoms with van der Waals surface area (Å²) in [6, 6.07) is 13.9. The van der Waals surface area contributed by atoms with Gasteiger partial charge in [-0.1, -0.05) is 42.5 Å². The maximum Gasteiger partial charge on any atom is 0.237 e. The van der Waals surface area contributed by atoms with E-state index in [1.165, 1.54) is 10.8 Å². The molecule has 2 aromatic carbocycles. The van der Waals surface area contributed by atoms with E-state index >= 15 is 0 Å². The van der Waals surface area contributed by atoms with Crippen LogP contribution in [0, 0.1) is 6.92 Å². The standard InChI is InChI=1S/C23H25N5O2/c1-16-12-26-19(13-25-16)14-27-22(29)11-21-23(30)24-9-10-28(21)15-18-7-4-6-17-5-2-3-8-20(17)18/h2-8,12-13,21H,9-11,14-15H2,1H3,(H,24,30)(H,27,29). The predicted octanol–water partition coefficient (Wildman–Crippen LogP) is 1.95. The van der Waals surface area contributed by atoms with E-state index in [2.05, 4.69) is 49.8 Å². The molecule has 0 bridgehead atoms. The lowest BCUT2D eigenvalue weighted by Gasteiger charge is -2.35. The van der Waals surface area contributed by atoms with E-state index in [1.54, 1.807) is 12.4 Å². The zero-order valence-electron chi connectivity index (χ0n) is 17.0. The number of amides is 2. The molecule has 0 saturated carbocycles. The Bertz CT molecular complexity index is 1050. The van der Waals surface area contributed by atoms with Gasteiger partial charge in [0.1, 0.15) is 0 Å². The van der Waals surface area contributed by atoms with Crippen LogP contribution in [-0.2, 0) is 22.7 Å². The van der Waals surface area contributed by atoms with Gasteiger partial charge >= 0.3 is 0 Å². The first-order valence-corrected chi connectivity index (χ1v) is 10.1. The molecule has 1 aromatic heterocycles.